The van der Waals surface area contributed by atoms with E-state index in [1.54, 1.807) is 12.5 Å². The Balaban J connectivity index is 1.78. The van der Waals surface area contributed by atoms with Crippen LogP contribution in [0, 0.1) is 5.92 Å². The van der Waals surface area contributed by atoms with E-state index >= 15 is 0 Å². The first-order valence-electron chi connectivity index (χ1n) is 6.81. The molecule has 100 valence electrons. The summed E-state index contributed by atoms with van der Waals surface area (Å²) < 4.78 is 1.97. The molecule has 1 aliphatic rings. The predicted molar refractivity (Wildman–Crippen MR) is 73.5 cm³/mol. The fourth-order valence-corrected chi connectivity index (χ4v) is 2.63. The van der Waals surface area contributed by atoms with Crippen LogP contribution >= 0.6 is 0 Å². The van der Waals surface area contributed by atoms with Gasteiger partial charge in [-0.3, -0.25) is 4.98 Å². The van der Waals surface area contributed by atoms with Gasteiger partial charge in [-0.05, 0) is 38.3 Å². The summed E-state index contributed by atoms with van der Waals surface area (Å²) >= 11 is 0. The van der Waals surface area contributed by atoms with E-state index in [0.717, 1.165) is 36.6 Å². The maximum atomic E-state index is 4.72. The lowest BCUT2D eigenvalue weighted by Gasteiger charge is -2.22. The van der Waals surface area contributed by atoms with E-state index in [9.17, 15) is 0 Å². The lowest BCUT2D eigenvalue weighted by Crippen LogP contribution is -2.31. The molecule has 0 unspecified atom stereocenters. The minimum Gasteiger partial charge on any atom is -0.332 e. The van der Waals surface area contributed by atoms with Crippen LogP contribution in [0.2, 0.25) is 0 Å². The Kier molecular flexibility index (Phi) is 3.55. The van der Waals surface area contributed by atoms with Crippen molar-refractivity contribution < 1.29 is 0 Å². The van der Waals surface area contributed by atoms with Crippen molar-refractivity contribution in [2.75, 3.05) is 13.1 Å². The summed E-state index contributed by atoms with van der Waals surface area (Å²) in [5.74, 6) is 0.685. The molecule has 0 aliphatic carbocycles. The van der Waals surface area contributed by atoms with Crippen molar-refractivity contribution in [1.82, 2.24) is 24.8 Å². The van der Waals surface area contributed by atoms with E-state index < -0.39 is 0 Å². The van der Waals surface area contributed by atoms with Crippen LogP contribution in [-0.2, 0) is 13.5 Å². The molecule has 19 heavy (non-hydrogen) atoms. The monoisotopic (exact) mass is 257 g/mol. The fraction of sp³-hybridized carbons (Fsp3) is 0.500. The zero-order valence-corrected chi connectivity index (χ0v) is 11.2. The Bertz CT molecular complexity index is 542. The van der Waals surface area contributed by atoms with Crippen LogP contribution in [0.15, 0.2) is 24.9 Å². The lowest BCUT2D eigenvalue weighted by molar-refractivity contribution is 0.373. The highest BCUT2D eigenvalue weighted by Gasteiger charge is 2.15. The van der Waals surface area contributed by atoms with E-state index in [1.807, 2.05) is 24.0 Å². The second-order valence-corrected chi connectivity index (χ2v) is 5.20. The summed E-state index contributed by atoms with van der Waals surface area (Å²) in [6, 6.07) is 0. The summed E-state index contributed by atoms with van der Waals surface area (Å²) in [4.78, 5) is 13.2. The van der Waals surface area contributed by atoms with Crippen LogP contribution in [0.5, 0.6) is 0 Å². The average molecular weight is 257 g/mol. The van der Waals surface area contributed by atoms with E-state index in [0.29, 0.717) is 5.92 Å². The highest BCUT2D eigenvalue weighted by molar-refractivity contribution is 5.52. The van der Waals surface area contributed by atoms with Crippen molar-refractivity contribution in [1.29, 1.82) is 0 Å². The van der Waals surface area contributed by atoms with Gasteiger partial charge in [0.2, 0.25) is 0 Å². The van der Waals surface area contributed by atoms with E-state index in [4.69, 9.17) is 4.98 Å². The van der Waals surface area contributed by atoms with E-state index in [1.165, 1.54) is 12.8 Å². The minimum atomic E-state index is 0.685. The zero-order chi connectivity index (χ0) is 13.1. The van der Waals surface area contributed by atoms with Gasteiger partial charge in [-0.25, -0.2) is 9.97 Å². The summed E-state index contributed by atoms with van der Waals surface area (Å²) in [6.45, 7) is 2.24. The number of imidazole rings is 1. The second-order valence-electron chi connectivity index (χ2n) is 5.20. The van der Waals surface area contributed by atoms with Crippen LogP contribution < -0.4 is 5.32 Å². The summed E-state index contributed by atoms with van der Waals surface area (Å²) in [5, 5.41) is 3.44. The molecule has 5 heteroatoms. The molecule has 1 aliphatic heterocycles. The van der Waals surface area contributed by atoms with Gasteiger partial charge in [-0.1, -0.05) is 0 Å². The smallest absolute Gasteiger partial charge is 0.107 e. The van der Waals surface area contributed by atoms with E-state index in [2.05, 4.69) is 15.3 Å². The highest BCUT2D eigenvalue weighted by atomic mass is 15.0. The molecule has 1 fully saturated rings. The first-order valence-corrected chi connectivity index (χ1v) is 6.81. The van der Waals surface area contributed by atoms with Crippen LogP contribution in [0.3, 0.4) is 0 Å². The standard InChI is InChI=1S/C14H19N5/c1-19-10-17-9-14(19)13-8-16-7-12(18-13)5-11-3-2-4-15-6-11/h7-11,15H,2-6H2,1H3/t11-/m1/s1. The summed E-state index contributed by atoms with van der Waals surface area (Å²) in [7, 11) is 1.97. The number of aromatic nitrogens is 4. The van der Waals surface area contributed by atoms with Crippen molar-refractivity contribution in [3.05, 3.63) is 30.6 Å². The molecule has 3 rings (SSSR count). The SMILES string of the molecule is Cn1cncc1-c1cncc(C[C@H]2CCCNC2)n1. The van der Waals surface area contributed by atoms with Gasteiger partial charge in [0.15, 0.2) is 0 Å². The lowest BCUT2D eigenvalue weighted by atomic mass is 9.95. The maximum absolute atomic E-state index is 4.72. The van der Waals surface area contributed by atoms with Gasteiger partial charge in [0.05, 0.1) is 30.1 Å². The largest absolute Gasteiger partial charge is 0.332 e. The molecule has 5 nitrogen and oxygen atoms in total. The van der Waals surface area contributed by atoms with Crippen LogP contribution in [0.25, 0.3) is 11.4 Å². The number of hydrogen-bond donors (Lipinski definition) is 1. The molecule has 1 atom stereocenters. The number of piperidine rings is 1. The Labute approximate surface area is 113 Å². The van der Waals surface area contributed by atoms with Crippen molar-refractivity contribution in [3.63, 3.8) is 0 Å². The topological polar surface area (TPSA) is 55.6 Å². The van der Waals surface area contributed by atoms with Crippen molar-refractivity contribution in [3.8, 4) is 11.4 Å². The van der Waals surface area contributed by atoms with Crippen molar-refractivity contribution >= 4 is 0 Å². The maximum Gasteiger partial charge on any atom is 0.107 e. The third kappa shape index (κ3) is 2.81. The first-order chi connectivity index (χ1) is 9.33. The molecule has 0 saturated carbocycles. The molecular weight excluding hydrogens is 238 g/mol. The Morgan fingerprint density at radius 2 is 2.26 bits per heavy atom. The molecule has 1 saturated heterocycles. The normalized spacial score (nSPS) is 19.5. The van der Waals surface area contributed by atoms with Gasteiger partial charge in [0.1, 0.15) is 5.69 Å². The van der Waals surface area contributed by atoms with Gasteiger partial charge in [0.25, 0.3) is 0 Å². The number of rotatable bonds is 3. The van der Waals surface area contributed by atoms with Crippen molar-refractivity contribution in [2.45, 2.75) is 19.3 Å². The third-order valence-electron chi connectivity index (χ3n) is 3.66. The molecule has 3 heterocycles. The average Bonchev–Trinajstić information content (AvgIpc) is 2.86. The van der Waals surface area contributed by atoms with E-state index in [-0.39, 0.29) is 0 Å². The van der Waals surface area contributed by atoms with Gasteiger partial charge in [-0.2, -0.15) is 0 Å². The molecule has 1 N–H and O–H groups in total. The highest BCUT2D eigenvalue weighted by Crippen LogP contribution is 2.18. The molecule has 2 aromatic heterocycles. The minimum absolute atomic E-state index is 0.685. The van der Waals surface area contributed by atoms with Gasteiger partial charge >= 0.3 is 0 Å². The third-order valence-corrected chi connectivity index (χ3v) is 3.66. The quantitative estimate of drug-likeness (QED) is 0.903. The number of aryl methyl sites for hydroxylation is 1. The van der Waals surface area contributed by atoms with Crippen LogP contribution in [0.4, 0.5) is 0 Å². The Morgan fingerprint density at radius 1 is 1.32 bits per heavy atom. The van der Waals surface area contributed by atoms with Gasteiger partial charge < -0.3 is 9.88 Å². The summed E-state index contributed by atoms with van der Waals surface area (Å²) in [6.07, 6.45) is 10.9. The molecule has 0 spiro atoms. The number of nitrogens with one attached hydrogen (secondary N) is 1. The number of hydrogen-bond acceptors (Lipinski definition) is 4. The Morgan fingerprint density at radius 3 is 3.00 bits per heavy atom. The Hall–Kier alpha value is -1.75. The van der Waals surface area contributed by atoms with Gasteiger partial charge in [0, 0.05) is 13.2 Å². The van der Waals surface area contributed by atoms with Crippen molar-refractivity contribution in [2.24, 2.45) is 13.0 Å². The molecule has 0 radical (unpaired) electrons. The summed E-state index contributed by atoms with van der Waals surface area (Å²) in [5.41, 5.74) is 2.99. The first kappa shape index (κ1) is 12.3. The zero-order valence-electron chi connectivity index (χ0n) is 11.2. The molecule has 0 aromatic carbocycles. The molecule has 0 bridgehead atoms. The van der Waals surface area contributed by atoms with Gasteiger partial charge in [-0.15, -0.1) is 0 Å². The number of nitrogens with zero attached hydrogens (tertiary/aromatic N) is 4. The molecule has 0 amide bonds. The molecule has 2 aromatic rings. The second kappa shape index (κ2) is 5.48. The predicted octanol–water partition coefficient (Wildman–Crippen LogP) is 1.42. The fourth-order valence-electron chi connectivity index (χ4n) is 2.63. The van der Waals surface area contributed by atoms with Crippen LogP contribution in [-0.4, -0.2) is 32.6 Å². The molecular formula is C14H19N5. The van der Waals surface area contributed by atoms with Crippen LogP contribution in [0.1, 0.15) is 18.5 Å².